The largest absolute Gasteiger partial charge is 0.242 e. The van der Waals surface area contributed by atoms with Crippen molar-refractivity contribution < 1.29 is 8.42 Å². The van der Waals surface area contributed by atoms with E-state index in [9.17, 15) is 8.42 Å². The van der Waals surface area contributed by atoms with E-state index in [0.29, 0.717) is 11.3 Å². The monoisotopic (exact) mass is 305 g/mol. The van der Waals surface area contributed by atoms with Crippen molar-refractivity contribution in [3.63, 3.8) is 0 Å². The maximum Gasteiger partial charge on any atom is 0.242 e. The minimum absolute atomic E-state index is 0.419. The maximum atomic E-state index is 12.4. The lowest BCUT2D eigenvalue weighted by Gasteiger charge is -2.22. The van der Waals surface area contributed by atoms with Gasteiger partial charge in [-0.15, -0.1) is 0 Å². The Kier molecular flexibility index (Phi) is 3.36. The fourth-order valence-electron chi connectivity index (χ4n) is 2.31. The van der Waals surface area contributed by atoms with E-state index in [0.717, 1.165) is 10.5 Å². The van der Waals surface area contributed by atoms with Gasteiger partial charge >= 0.3 is 0 Å². The van der Waals surface area contributed by atoms with Crippen molar-refractivity contribution in [3.8, 4) is 0 Å². The number of nitrogens with zero attached hydrogens (tertiary/aromatic N) is 1. The second kappa shape index (κ2) is 4.91. The topological polar surface area (TPSA) is 37.4 Å². The van der Waals surface area contributed by atoms with Crippen LogP contribution in [0.15, 0.2) is 57.2 Å². The predicted octanol–water partition coefficient (Wildman–Crippen LogP) is 2.99. The molecular weight excluding hydrogens is 290 g/mol. The van der Waals surface area contributed by atoms with Crippen LogP contribution in [-0.4, -0.2) is 26.8 Å². The zero-order chi connectivity index (χ0) is 14.3. The summed E-state index contributed by atoms with van der Waals surface area (Å²) in [7, 11) is -0.265. The van der Waals surface area contributed by atoms with E-state index >= 15 is 0 Å². The van der Waals surface area contributed by atoms with Gasteiger partial charge in [-0.1, -0.05) is 36.0 Å². The second-order valence-electron chi connectivity index (χ2n) is 4.91. The molecule has 20 heavy (non-hydrogen) atoms. The molecule has 0 radical (unpaired) electrons. The fraction of sp³-hybridized carbons (Fsp3) is 0.200. The molecular formula is C15H15NO2S2. The zero-order valence-electron chi connectivity index (χ0n) is 11.3. The maximum absolute atomic E-state index is 12.4. The van der Waals surface area contributed by atoms with Crippen LogP contribution >= 0.6 is 11.8 Å². The number of sulfonamides is 1. The summed E-state index contributed by atoms with van der Waals surface area (Å²) in [5.74, 6) is 0. The molecule has 1 aliphatic heterocycles. The summed E-state index contributed by atoms with van der Waals surface area (Å²) in [6, 6.07) is 13.6. The van der Waals surface area contributed by atoms with Gasteiger partial charge in [0.05, 0.1) is 4.90 Å². The lowest BCUT2D eigenvalue weighted by Crippen LogP contribution is -2.24. The van der Waals surface area contributed by atoms with Crippen molar-refractivity contribution in [1.82, 2.24) is 4.31 Å². The van der Waals surface area contributed by atoms with E-state index in [4.69, 9.17) is 0 Å². The minimum Gasteiger partial charge on any atom is -0.207 e. The first-order chi connectivity index (χ1) is 9.50. The van der Waals surface area contributed by atoms with Crippen LogP contribution < -0.4 is 0 Å². The molecule has 0 fully saturated rings. The Balaban J connectivity index is 2.16. The molecule has 2 aromatic carbocycles. The van der Waals surface area contributed by atoms with Gasteiger partial charge in [-0.05, 0) is 29.3 Å². The molecule has 2 aromatic rings. The first kappa shape index (κ1) is 13.7. The molecule has 3 nitrogen and oxygen atoms in total. The third-order valence-electron chi connectivity index (χ3n) is 3.41. The van der Waals surface area contributed by atoms with Crippen molar-refractivity contribution >= 4 is 21.8 Å². The Morgan fingerprint density at radius 2 is 1.70 bits per heavy atom. The van der Waals surface area contributed by atoms with Gasteiger partial charge in [0.15, 0.2) is 0 Å². The summed E-state index contributed by atoms with van der Waals surface area (Å²) < 4.78 is 26.1. The van der Waals surface area contributed by atoms with Gasteiger partial charge in [0.25, 0.3) is 0 Å². The molecule has 0 N–H and O–H groups in total. The highest BCUT2D eigenvalue weighted by molar-refractivity contribution is 7.99. The normalized spacial score (nSPS) is 13.9. The van der Waals surface area contributed by atoms with Crippen molar-refractivity contribution in [2.45, 2.75) is 21.1 Å². The van der Waals surface area contributed by atoms with Crippen LogP contribution in [0.5, 0.6) is 0 Å². The van der Waals surface area contributed by atoms with E-state index in [1.807, 2.05) is 24.3 Å². The van der Waals surface area contributed by atoms with Crippen LogP contribution in [0, 0.1) is 0 Å². The molecule has 3 rings (SSSR count). The van der Waals surface area contributed by atoms with Crippen LogP contribution in [0.4, 0.5) is 0 Å². The molecule has 0 atom stereocenters. The first-order valence-electron chi connectivity index (χ1n) is 6.30. The number of hydrogen-bond acceptors (Lipinski definition) is 3. The fourth-order valence-corrected chi connectivity index (χ4v) is 4.62. The Bertz CT molecular complexity index is 767. The van der Waals surface area contributed by atoms with Gasteiger partial charge in [0, 0.05) is 30.3 Å². The van der Waals surface area contributed by atoms with E-state index in [2.05, 4.69) is 12.1 Å². The zero-order valence-corrected chi connectivity index (χ0v) is 13.0. The standard InChI is InChI=1S/C15H15NO2S2/c1-16(2)20(17,18)15-9-5-8-14-12(15)10-11-6-3-4-7-13(11)19-14/h3-9H,10H2,1-2H3. The average Bonchev–Trinajstić information content (AvgIpc) is 2.44. The van der Waals surface area contributed by atoms with Crippen LogP contribution in [-0.2, 0) is 16.4 Å². The third kappa shape index (κ3) is 2.16. The summed E-state index contributed by atoms with van der Waals surface area (Å²) in [5.41, 5.74) is 2.09. The minimum atomic E-state index is -3.40. The Morgan fingerprint density at radius 3 is 2.45 bits per heavy atom. The molecule has 1 aliphatic rings. The highest BCUT2D eigenvalue weighted by Gasteiger charge is 2.26. The summed E-state index contributed by atoms with van der Waals surface area (Å²) in [6.07, 6.45) is 0.668. The van der Waals surface area contributed by atoms with Gasteiger partial charge < -0.3 is 0 Å². The number of rotatable bonds is 2. The Labute approximate surface area is 123 Å². The summed E-state index contributed by atoms with van der Waals surface area (Å²) in [5, 5.41) is 0. The van der Waals surface area contributed by atoms with Crippen LogP contribution in [0.3, 0.4) is 0 Å². The van der Waals surface area contributed by atoms with E-state index in [1.165, 1.54) is 14.8 Å². The molecule has 0 spiro atoms. The lowest BCUT2D eigenvalue weighted by atomic mass is 10.0. The summed E-state index contributed by atoms with van der Waals surface area (Å²) >= 11 is 1.64. The molecule has 0 aromatic heterocycles. The average molecular weight is 305 g/mol. The molecule has 1 heterocycles. The SMILES string of the molecule is CN(C)S(=O)(=O)c1cccc2c1Cc1ccccc1S2. The smallest absolute Gasteiger partial charge is 0.207 e. The predicted molar refractivity (Wildman–Crippen MR) is 80.7 cm³/mol. The quantitative estimate of drug-likeness (QED) is 0.730. The highest BCUT2D eigenvalue weighted by Crippen LogP contribution is 2.41. The van der Waals surface area contributed by atoms with Crippen molar-refractivity contribution in [2.24, 2.45) is 0 Å². The number of benzene rings is 2. The third-order valence-corrected chi connectivity index (χ3v) is 6.53. The Morgan fingerprint density at radius 1 is 1.00 bits per heavy atom. The molecule has 5 heteroatoms. The van der Waals surface area contributed by atoms with Gasteiger partial charge in [-0.2, -0.15) is 0 Å². The van der Waals surface area contributed by atoms with Crippen LogP contribution in [0.1, 0.15) is 11.1 Å². The molecule has 0 aliphatic carbocycles. The summed E-state index contributed by atoms with van der Waals surface area (Å²) in [4.78, 5) is 2.66. The van der Waals surface area contributed by atoms with E-state index in [1.54, 1.807) is 31.9 Å². The van der Waals surface area contributed by atoms with Gasteiger partial charge in [0.1, 0.15) is 0 Å². The molecule has 0 bridgehead atoms. The first-order valence-corrected chi connectivity index (χ1v) is 8.56. The molecule has 0 saturated carbocycles. The van der Waals surface area contributed by atoms with Crippen molar-refractivity contribution in [1.29, 1.82) is 0 Å². The van der Waals surface area contributed by atoms with Crippen LogP contribution in [0.2, 0.25) is 0 Å². The lowest BCUT2D eigenvalue weighted by molar-refractivity contribution is 0.519. The molecule has 0 amide bonds. The second-order valence-corrected chi connectivity index (χ2v) is 8.11. The van der Waals surface area contributed by atoms with Gasteiger partial charge in [-0.25, -0.2) is 12.7 Å². The van der Waals surface area contributed by atoms with Crippen LogP contribution in [0.25, 0.3) is 0 Å². The molecule has 0 unspecified atom stereocenters. The van der Waals surface area contributed by atoms with Crippen molar-refractivity contribution in [2.75, 3.05) is 14.1 Å². The number of fused-ring (bicyclic) bond motifs is 2. The van der Waals surface area contributed by atoms with Crippen molar-refractivity contribution in [3.05, 3.63) is 53.6 Å². The highest BCUT2D eigenvalue weighted by atomic mass is 32.2. The summed E-state index contributed by atoms with van der Waals surface area (Å²) in [6.45, 7) is 0. The van der Waals surface area contributed by atoms with E-state index in [-0.39, 0.29) is 0 Å². The van der Waals surface area contributed by atoms with Gasteiger partial charge in [-0.3, -0.25) is 0 Å². The molecule has 104 valence electrons. The number of hydrogen-bond donors (Lipinski definition) is 0. The van der Waals surface area contributed by atoms with Gasteiger partial charge in [0.2, 0.25) is 10.0 Å². The Hall–Kier alpha value is -1.30. The molecule has 0 saturated heterocycles. The van der Waals surface area contributed by atoms with E-state index < -0.39 is 10.0 Å².